The van der Waals surface area contributed by atoms with Gasteiger partial charge in [0.05, 0.1) is 13.6 Å². The zero-order chi connectivity index (χ0) is 32.0. The molecule has 1 unspecified atom stereocenters. The van der Waals surface area contributed by atoms with Gasteiger partial charge in [-0.15, -0.1) is 0 Å². The Kier molecular flexibility index (Phi) is 42.1. The van der Waals surface area contributed by atoms with Crippen LogP contribution in [0.5, 0.6) is 0 Å². The first-order valence-corrected chi connectivity index (χ1v) is 21.1. The van der Waals surface area contributed by atoms with Crippen LogP contribution in [0.2, 0.25) is 0 Å². The van der Waals surface area contributed by atoms with Crippen LogP contribution in [0.25, 0.3) is 0 Å². The molecule has 0 aliphatic rings. The van der Waals surface area contributed by atoms with Crippen LogP contribution in [0.3, 0.4) is 0 Å². The van der Waals surface area contributed by atoms with Gasteiger partial charge in [0.2, 0.25) is 0 Å². The van der Waals surface area contributed by atoms with Gasteiger partial charge in [-0.25, -0.2) is 0 Å². The molecule has 0 radical (unpaired) electrons. The second-order valence-electron chi connectivity index (χ2n) is 13.0. The second-order valence-corrected chi connectivity index (χ2v) is 15.0. The first kappa shape index (κ1) is 45.2. The molecule has 0 aliphatic carbocycles. The van der Waals surface area contributed by atoms with Crippen LogP contribution >= 0.6 is 7.60 Å². The van der Waals surface area contributed by atoms with E-state index in [4.69, 9.17) is 0 Å². The Hall–Kier alpha value is 0.0700. The molecule has 0 saturated heterocycles. The molecular formula is C37H81N2O3P. The maximum absolute atomic E-state index is 11.1. The molecule has 262 valence electrons. The molecule has 0 aromatic heterocycles. The summed E-state index contributed by atoms with van der Waals surface area (Å²) < 4.78 is 15.5. The average molecular weight is 633 g/mol. The van der Waals surface area contributed by atoms with Gasteiger partial charge < -0.3 is 24.6 Å². The van der Waals surface area contributed by atoms with Crippen molar-refractivity contribution in [1.82, 2.24) is 5.32 Å². The molecule has 0 rings (SSSR count). The lowest BCUT2D eigenvalue weighted by Gasteiger charge is -2.20. The summed E-state index contributed by atoms with van der Waals surface area (Å²) >= 11 is 0. The maximum atomic E-state index is 11.1. The van der Waals surface area contributed by atoms with Crippen LogP contribution in [-0.2, 0) is 9.09 Å². The van der Waals surface area contributed by atoms with Crippen molar-refractivity contribution in [1.29, 1.82) is 0 Å². The molecule has 0 bridgehead atoms. The quantitative estimate of drug-likeness (QED) is 0.0538. The molecule has 1 atom stereocenters. The third-order valence-corrected chi connectivity index (χ3v) is 10.0. The first-order chi connectivity index (χ1) is 21.0. The van der Waals surface area contributed by atoms with Gasteiger partial charge in [-0.3, -0.25) is 0 Å². The fraction of sp³-hybridized carbons (Fsp3) is 1.00. The van der Waals surface area contributed by atoms with E-state index in [1.807, 2.05) is 0 Å². The molecule has 0 aliphatic heterocycles. The monoisotopic (exact) mass is 633 g/mol. The van der Waals surface area contributed by atoms with Crippen molar-refractivity contribution in [2.75, 3.05) is 40.0 Å². The zero-order valence-corrected chi connectivity index (χ0v) is 31.0. The molecule has 43 heavy (non-hydrogen) atoms. The highest BCUT2D eigenvalue weighted by Gasteiger charge is 2.04. The normalized spacial score (nSPS) is 12.7. The van der Waals surface area contributed by atoms with Gasteiger partial charge >= 0.3 is 0 Å². The predicted molar refractivity (Wildman–Crippen MR) is 190 cm³/mol. The van der Waals surface area contributed by atoms with E-state index in [1.165, 1.54) is 194 Å². The molecule has 3 N–H and O–H groups in total. The van der Waals surface area contributed by atoms with Crippen molar-refractivity contribution in [3.63, 3.8) is 0 Å². The number of quaternary nitrogens is 1. The standard InChI is InChI=1S/C22H48N2.C15H33O3P/c1-3-4-5-6-7-8-9-10-11-12-13-14-15-16-17-18-21-24-22-19-20-23-2;1-3-4-5-6-7-8-9-10-11-12-13-14-15-19(16,17)18-2/h23-24H,3-22H2,1-2H3;3-15H2,1-2H3,(H,16,17). The summed E-state index contributed by atoms with van der Waals surface area (Å²) in [5.41, 5.74) is 0. The van der Waals surface area contributed by atoms with E-state index < -0.39 is 7.60 Å². The SMILES string of the molecule is CCCCCCCCCCCCCCCCCCNCCC[NH2+]C.CCCCCCCCCCCCCCP(=O)([O-])OC. The Morgan fingerprint density at radius 2 is 0.814 bits per heavy atom. The van der Waals surface area contributed by atoms with Crippen molar-refractivity contribution in [3.05, 3.63) is 0 Å². The van der Waals surface area contributed by atoms with Gasteiger partial charge in [0, 0.05) is 26.2 Å². The lowest BCUT2D eigenvalue weighted by molar-refractivity contribution is -0.627. The van der Waals surface area contributed by atoms with Gasteiger partial charge in [0.15, 0.2) is 0 Å². The van der Waals surface area contributed by atoms with Crippen LogP contribution in [0.4, 0.5) is 0 Å². The molecule has 0 aromatic rings. The first-order valence-electron chi connectivity index (χ1n) is 19.4. The highest BCUT2D eigenvalue weighted by atomic mass is 31.2. The van der Waals surface area contributed by atoms with Gasteiger partial charge in [0.25, 0.3) is 0 Å². The molecule has 5 nitrogen and oxygen atoms in total. The minimum absolute atomic E-state index is 0.195. The minimum atomic E-state index is -3.50. The number of hydrogen-bond acceptors (Lipinski definition) is 4. The van der Waals surface area contributed by atoms with Crippen LogP contribution in [0.15, 0.2) is 0 Å². The van der Waals surface area contributed by atoms with Crippen molar-refractivity contribution in [2.24, 2.45) is 0 Å². The van der Waals surface area contributed by atoms with Crippen molar-refractivity contribution in [2.45, 2.75) is 200 Å². The van der Waals surface area contributed by atoms with E-state index in [1.54, 1.807) is 0 Å². The summed E-state index contributed by atoms with van der Waals surface area (Å²) in [6.07, 6.45) is 39.8. The predicted octanol–water partition coefficient (Wildman–Crippen LogP) is 10.3. The van der Waals surface area contributed by atoms with E-state index >= 15 is 0 Å². The summed E-state index contributed by atoms with van der Waals surface area (Å²) in [7, 11) is -0.111. The molecule has 0 heterocycles. The summed E-state index contributed by atoms with van der Waals surface area (Å²) in [4.78, 5) is 11.1. The van der Waals surface area contributed by atoms with Crippen LogP contribution in [0.1, 0.15) is 200 Å². The molecule has 0 spiro atoms. The van der Waals surface area contributed by atoms with E-state index in [9.17, 15) is 9.46 Å². The summed E-state index contributed by atoms with van der Waals surface area (Å²) in [6.45, 7) is 8.22. The molecule has 0 saturated carbocycles. The van der Waals surface area contributed by atoms with E-state index in [0.29, 0.717) is 0 Å². The lowest BCUT2D eigenvalue weighted by Crippen LogP contribution is -2.79. The van der Waals surface area contributed by atoms with E-state index in [-0.39, 0.29) is 6.16 Å². The summed E-state index contributed by atoms with van der Waals surface area (Å²) in [6, 6.07) is 0. The largest absolute Gasteiger partial charge is 0.779 e. The van der Waals surface area contributed by atoms with Crippen LogP contribution < -0.4 is 15.5 Å². The average Bonchev–Trinajstić information content (AvgIpc) is 3.01. The van der Waals surface area contributed by atoms with Crippen molar-refractivity contribution < 1.29 is 19.3 Å². The van der Waals surface area contributed by atoms with Gasteiger partial charge in [-0.2, -0.15) is 0 Å². The summed E-state index contributed by atoms with van der Waals surface area (Å²) in [5, 5.41) is 5.81. The number of hydrogen-bond donors (Lipinski definition) is 2. The molecule has 0 aromatic carbocycles. The van der Waals surface area contributed by atoms with E-state index in [2.05, 4.69) is 36.1 Å². The summed E-state index contributed by atoms with van der Waals surface area (Å²) in [5.74, 6) is 0. The number of unbranched alkanes of at least 4 members (excludes halogenated alkanes) is 26. The Bertz CT molecular complexity index is 514. The molecule has 0 amide bonds. The topological polar surface area (TPSA) is 78.0 Å². The smallest absolute Gasteiger partial charge is 0.134 e. The van der Waals surface area contributed by atoms with Gasteiger partial charge in [-0.05, 0) is 19.4 Å². The Labute approximate surface area is 271 Å². The molecule has 6 heteroatoms. The number of nitrogens with two attached hydrogens (primary N) is 1. The zero-order valence-electron chi connectivity index (χ0n) is 30.1. The Balaban J connectivity index is 0. The second kappa shape index (κ2) is 40.1. The van der Waals surface area contributed by atoms with Crippen LogP contribution in [0, 0.1) is 0 Å². The van der Waals surface area contributed by atoms with Gasteiger partial charge in [-0.1, -0.05) is 181 Å². The highest BCUT2D eigenvalue weighted by molar-refractivity contribution is 7.51. The highest BCUT2D eigenvalue weighted by Crippen LogP contribution is 2.36. The number of nitrogens with one attached hydrogen (secondary N) is 1. The Morgan fingerprint density at radius 3 is 1.14 bits per heavy atom. The lowest BCUT2D eigenvalue weighted by atomic mass is 10.0. The minimum Gasteiger partial charge on any atom is -0.779 e. The third kappa shape index (κ3) is 44.3. The molecular weight excluding hydrogens is 551 g/mol. The molecule has 0 fully saturated rings. The van der Waals surface area contributed by atoms with E-state index in [0.717, 1.165) is 19.3 Å². The van der Waals surface area contributed by atoms with Crippen molar-refractivity contribution in [3.8, 4) is 0 Å². The fourth-order valence-corrected chi connectivity index (χ4v) is 6.39. The maximum Gasteiger partial charge on any atom is 0.134 e. The van der Waals surface area contributed by atoms with Crippen LogP contribution in [-0.4, -0.2) is 40.0 Å². The third-order valence-electron chi connectivity index (χ3n) is 8.62. The fourth-order valence-electron chi connectivity index (χ4n) is 5.59. The van der Waals surface area contributed by atoms with Gasteiger partial charge in [0.1, 0.15) is 7.60 Å². The Morgan fingerprint density at radius 1 is 0.512 bits per heavy atom. The van der Waals surface area contributed by atoms with Crippen molar-refractivity contribution >= 4 is 7.60 Å². The number of rotatable bonds is 35.